The number of halogens is 4. The number of carbonyl (C=O) groups excluding carboxylic acids is 1. The highest BCUT2D eigenvalue weighted by atomic mass is 35.5. The Labute approximate surface area is 153 Å². The summed E-state index contributed by atoms with van der Waals surface area (Å²) < 4.78 is 64.5. The molecule has 0 spiro atoms. The van der Waals surface area contributed by atoms with Gasteiger partial charge in [0.1, 0.15) is 0 Å². The molecule has 7 nitrogen and oxygen atoms in total. The van der Waals surface area contributed by atoms with Crippen LogP contribution in [0.5, 0.6) is 0 Å². The molecule has 0 aromatic heterocycles. The summed E-state index contributed by atoms with van der Waals surface area (Å²) in [6.45, 7) is 2.68. The average Bonchev–Trinajstić information content (AvgIpc) is 2.48. The number of anilines is 1. The molecular weight excluding hydrogens is 401 g/mol. The van der Waals surface area contributed by atoms with E-state index in [1.165, 1.54) is 13.8 Å². The second-order valence-electron chi connectivity index (χ2n) is 5.78. The highest BCUT2D eigenvalue weighted by Gasteiger charge is 2.55. The zero-order chi connectivity index (χ0) is 20.5. The third-order valence-corrected chi connectivity index (χ3v) is 5.49. The van der Waals surface area contributed by atoms with Gasteiger partial charge in [0.15, 0.2) is 0 Å². The van der Waals surface area contributed by atoms with Crippen molar-refractivity contribution in [2.75, 3.05) is 11.9 Å². The average molecular weight is 419 g/mol. The van der Waals surface area contributed by atoms with Crippen LogP contribution in [-0.2, 0) is 14.8 Å². The summed E-state index contributed by atoms with van der Waals surface area (Å²) in [5, 5.41) is 20.0. The molecule has 26 heavy (non-hydrogen) atoms. The van der Waals surface area contributed by atoms with E-state index in [0.29, 0.717) is 0 Å². The monoisotopic (exact) mass is 418 g/mol. The van der Waals surface area contributed by atoms with Gasteiger partial charge in [-0.25, -0.2) is 13.1 Å². The second kappa shape index (κ2) is 7.69. The number of hydrogen-bond donors (Lipinski definition) is 4. The van der Waals surface area contributed by atoms with Crippen molar-refractivity contribution < 1.29 is 36.6 Å². The highest BCUT2D eigenvalue weighted by molar-refractivity contribution is 7.89. The van der Waals surface area contributed by atoms with Gasteiger partial charge in [0.25, 0.3) is 5.91 Å². The van der Waals surface area contributed by atoms with E-state index in [2.05, 4.69) is 4.72 Å². The van der Waals surface area contributed by atoms with Gasteiger partial charge in [-0.05, 0) is 38.5 Å². The zero-order valence-corrected chi connectivity index (χ0v) is 15.6. The molecule has 4 N–H and O–H groups in total. The van der Waals surface area contributed by atoms with Crippen LogP contribution in [0.2, 0.25) is 5.02 Å². The van der Waals surface area contributed by atoms with Gasteiger partial charge in [0.05, 0.1) is 21.7 Å². The molecule has 0 aliphatic rings. The maximum atomic E-state index is 12.7. The van der Waals surface area contributed by atoms with E-state index >= 15 is 0 Å². The molecule has 0 unspecified atom stereocenters. The van der Waals surface area contributed by atoms with E-state index in [9.17, 15) is 31.5 Å². The van der Waals surface area contributed by atoms with E-state index in [0.717, 1.165) is 12.1 Å². The summed E-state index contributed by atoms with van der Waals surface area (Å²) in [5.74, 6) is -1.77. The van der Waals surface area contributed by atoms with E-state index in [-0.39, 0.29) is 34.6 Å². The molecule has 1 amide bonds. The Bertz CT molecular complexity index is 795. The first kappa shape index (κ1) is 22.6. The van der Waals surface area contributed by atoms with Gasteiger partial charge in [-0.15, -0.1) is 0 Å². The molecule has 0 heterocycles. The largest absolute Gasteiger partial charge is 0.426 e. The number of aliphatic hydroxyl groups excluding tert-OH is 1. The highest BCUT2D eigenvalue weighted by Crippen LogP contribution is 2.34. The smallest absolute Gasteiger partial charge is 0.392 e. The Kier molecular flexibility index (Phi) is 6.69. The molecule has 2 atom stereocenters. The quantitative estimate of drug-likeness (QED) is 0.559. The fourth-order valence-corrected chi connectivity index (χ4v) is 3.37. The van der Waals surface area contributed by atoms with Crippen molar-refractivity contribution in [3.05, 3.63) is 22.7 Å². The van der Waals surface area contributed by atoms with Crippen LogP contribution < -0.4 is 10.0 Å². The van der Waals surface area contributed by atoms with Crippen molar-refractivity contribution in [3.8, 4) is 0 Å². The van der Waals surface area contributed by atoms with Crippen LogP contribution in [0, 0.1) is 6.92 Å². The molecule has 1 aromatic carbocycles. The number of amides is 1. The lowest BCUT2D eigenvalue weighted by atomic mass is 10.1. The van der Waals surface area contributed by atoms with Crippen LogP contribution in [0.1, 0.15) is 19.4 Å². The van der Waals surface area contributed by atoms with Crippen LogP contribution in [0.3, 0.4) is 0 Å². The minimum atomic E-state index is -5.22. The summed E-state index contributed by atoms with van der Waals surface area (Å²) in [5.41, 5.74) is -3.99. The SMILES string of the molecule is Cc1c(S(=O)(=O)NC[C@H](C)O)ccc(NC(=O)[C@@](C)(O)C(F)(F)F)c1Cl. The standard InChI is InChI=1S/C14H18ClF3N2O5S/c1-7(21)6-19-26(24,25)10-5-4-9(11(15)8(10)2)20-12(22)13(3,23)14(16,17)18/h4-5,7,19,21,23H,6H2,1-3H3,(H,20,22)/t7-,13+/m0/s1. The molecule has 12 heteroatoms. The van der Waals surface area contributed by atoms with E-state index in [1.807, 2.05) is 5.32 Å². The van der Waals surface area contributed by atoms with Gasteiger partial charge < -0.3 is 15.5 Å². The number of rotatable bonds is 6. The minimum Gasteiger partial charge on any atom is -0.392 e. The number of carbonyl (C=O) groups is 1. The lowest BCUT2D eigenvalue weighted by molar-refractivity contribution is -0.242. The van der Waals surface area contributed by atoms with E-state index in [1.54, 1.807) is 0 Å². The molecule has 0 fully saturated rings. The fourth-order valence-electron chi connectivity index (χ4n) is 1.74. The van der Waals surface area contributed by atoms with Crippen molar-refractivity contribution in [3.63, 3.8) is 0 Å². The fraction of sp³-hybridized carbons (Fsp3) is 0.500. The minimum absolute atomic E-state index is 0.0331. The third-order valence-electron chi connectivity index (χ3n) is 3.44. The normalized spacial score (nSPS) is 16.0. The van der Waals surface area contributed by atoms with Crippen LogP contribution in [0.15, 0.2) is 17.0 Å². The maximum Gasteiger partial charge on any atom is 0.426 e. The Morgan fingerprint density at radius 2 is 1.88 bits per heavy atom. The summed E-state index contributed by atoms with van der Waals surface area (Å²) in [7, 11) is -4.04. The van der Waals surface area contributed by atoms with E-state index < -0.39 is 33.8 Å². The first-order valence-corrected chi connectivity index (χ1v) is 9.04. The molecular formula is C14H18ClF3N2O5S. The number of aliphatic hydroxyl groups is 2. The van der Waals surface area contributed by atoms with Gasteiger partial charge in [-0.2, -0.15) is 13.2 Å². The zero-order valence-electron chi connectivity index (χ0n) is 14.0. The van der Waals surface area contributed by atoms with Crippen LogP contribution in [0.25, 0.3) is 0 Å². The van der Waals surface area contributed by atoms with Crippen molar-refractivity contribution in [1.82, 2.24) is 4.72 Å². The maximum absolute atomic E-state index is 12.7. The Morgan fingerprint density at radius 3 is 2.35 bits per heavy atom. The summed E-state index contributed by atoms with van der Waals surface area (Å²) in [4.78, 5) is 11.4. The summed E-state index contributed by atoms with van der Waals surface area (Å²) >= 11 is 5.96. The molecule has 0 saturated heterocycles. The predicted octanol–water partition coefficient (Wildman–Crippen LogP) is 1.56. The van der Waals surface area contributed by atoms with Gasteiger partial charge in [-0.3, -0.25) is 4.79 Å². The van der Waals surface area contributed by atoms with Crippen LogP contribution in [0.4, 0.5) is 18.9 Å². The van der Waals surface area contributed by atoms with Crippen LogP contribution in [-0.4, -0.2) is 49.0 Å². The number of hydrogen-bond acceptors (Lipinski definition) is 5. The first-order valence-electron chi connectivity index (χ1n) is 7.18. The Hall–Kier alpha value is -1.40. The lowest BCUT2D eigenvalue weighted by Gasteiger charge is -2.25. The van der Waals surface area contributed by atoms with Crippen molar-refractivity contribution in [2.24, 2.45) is 0 Å². The molecule has 1 rings (SSSR count). The van der Waals surface area contributed by atoms with Gasteiger partial charge >= 0.3 is 6.18 Å². The van der Waals surface area contributed by atoms with Gasteiger partial charge in [0, 0.05) is 6.54 Å². The van der Waals surface area contributed by atoms with Gasteiger partial charge in [-0.1, -0.05) is 11.6 Å². The van der Waals surface area contributed by atoms with Crippen molar-refractivity contribution in [1.29, 1.82) is 0 Å². The number of benzene rings is 1. The molecule has 1 aromatic rings. The Balaban J connectivity index is 3.17. The Morgan fingerprint density at radius 1 is 1.35 bits per heavy atom. The topological polar surface area (TPSA) is 116 Å². The van der Waals surface area contributed by atoms with Gasteiger partial charge in [0.2, 0.25) is 15.6 Å². The number of sulfonamides is 1. The summed E-state index contributed by atoms with van der Waals surface area (Å²) in [6.07, 6.45) is -6.16. The van der Waals surface area contributed by atoms with Crippen LogP contribution >= 0.6 is 11.6 Å². The molecule has 0 saturated carbocycles. The summed E-state index contributed by atoms with van der Waals surface area (Å²) in [6, 6.07) is 2.03. The number of nitrogens with one attached hydrogen (secondary N) is 2. The predicted molar refractivity (Wildman–Crippen MR) is 88.4 cm³/mol. The third kappa shape index (κ3) is 4.86. The lowest BCUT2D eigenvalue weighted by Crippen LogP contribution is -2.52. The molecule has 0 radical (unpaired) electrons. The van der Waals surface area contributed by atoms with Crippen molar-refractivity contribution >= 4 is 33.2 Å². The van der Waals surface area contributed by atoms with E-state index in [4.69, 9.17) is 16.7 Å². The molecule has 0 bridgehead atoms. The first-order chi connectivity index (χ1) is 11.6. The second-order valence-corrected chi connectivity index (χ2v) is 7.89. The molecule has 0 aliphatic carbocycles. The molecule has 0 aliphatic heterocycles. The molecule has 148 valence electrons. The van der Waals surface area contributed by atoms with Crippen molar-refractivity contribution in [2.45, 2.75) is 43.5 Å². The number of alkyl halides is 3.